The molecule has 6 nitrogen and oxygen atoms in total. The van der Waals surface area contributed by atoms with Crippen molar-refractivity contribution in [3.05, 3.63) is 16.8 Å². The number of hydrogen-bond donors (Lipinski definition) is 3. The Balaban J connectivity index is 1.92. The van der Waals surface area contributed by atoms with Gasteiger partial charge in [0, 0.05) is 23.6 Å². The Morgan fingerprint density at radius 2 is 2.25 bits per heavy atom. The molecule has 0 bridgehead atoms. The number of aromatic nitrogens is 2. The van der Waals surface area contributed by atoms with Gasteiger partial charge in [-0.1, -0.05) is 18.3 Å². The molecule has 0 spiro atoms. The fourth-order valence-corrected chi connectivity index (χ4v) is 2.87. The quantitative estimate of drug-likeness (QED) is 0.791. The summed E-state index contributed by atoms with van der Waals surface area (Å²) in [7, 11) is 0. The van der Waals surface area contributed by atoms with Gasteiger partial charge in [0.25, 0.3) is 0 Å². The van der Waals surface area contributed by atoms with E-state index in [9.17, 15) is 4.79 Å². The molecular formula is C12H16N4O2S2. The molecule has 2 unspecified atom stereocenters. The molecular weight excluding hydrogens is 296 g/mol. The lowest BCUT2D eigenvalue weighted by molar-refractivity contribution is 0.204. The van der Waals surface area contributed by atoms with E-state index in [0.29, 0.717) is 5.13 Å². The first-order valence-corrected chi connectivity index (χ1v) is 7.90. The lowest BCUT2D eigenvalue weighted by Gasteiger charge is -2.18. The highest BCUT2D eigenvalue weighted by molar-refractivity contribution is 7.19. The first kappa shape index (κ1) is 14.9. The van der Waals surface area contributed by atoms with Crippen LogP contribution in [0.25, 0.3) is 10.6 Å². The van der Waals surface area contributed by atoms with Crippen LogP contribution in [0.2, 0.25) is 0 Å². The molecule has 108 valence electrons. The molecule has 0 radical (unpaired) electrons. The van der Waals surface area contributed by atoms with E-state index in [-0.39, 0.29) is 24.6 Å². The number of thiophene rings is 1. The Labute approximate surface area is 124 Å². The van der Waals surface area contributed by atoms with Gasteiger partial charge in [0.15, 0.2) is 0 Å². The van der Waals surface area contributed by atoms with Gasteiger partial charge >= 0.3 is 6.03 Å². The first-order chi connectivity index (χ1) is 9.60. The molecule has 2 heterocycles. The topological polar surface area (TPSA) is 87.1 Å². The predicted molar refractivity (Wildman–Crippen MR) is 81.1 cm³/mol. The third-order valence-corrected chi connectivity index (χ3v) is 4.48. The van der Waals surface area contributed by atoms with Gasteiger partial charge in [-0.2, -0.15) is 11.3 Å². The van der Waals surface area contributed by atoms with E-state index in [1.165, 1.54) is 11.3 Å². The third-order valence-electron chi connectivity index (χ3n) is 2.91. The van der Waals surface area contributed by atoms with Crippen molar-refractivity contribution in [2.75, 3.05) is 11.9 Å². The highest BCUT2D eigenvalue weighted by atomic mass is 32.1. The van der Waals surface area contributed by atoms with Crippen LogP contribution in [0, 0.1) is 5.92 Å². The number of nitrogens with zero attached hydrogens (tertiary/aromatic N) is 2. The number of amides is 2. The average molecular weight is 312 g/mol. The van der Waals surface area contributed by atoms with Crippen LogP contribution in [0.15, 0.2) is 16.8 Å². The highest BCUT2D eigenvalue weighted by Crippen LogP contribution is 2.27. The largest absolute Gasteiger partial charge is 0.396 e. The summed E-state index contributed by atoms with van der Waals surface area (Å²) in [5.41, 5.74) is 1.00. The fraction of sp³-hybridized carbons (Fsp3) is 0.417. The molecule has 20 heavy (non-hydrogen) atoms. The van der Waals surface area contributed by atoms with E-state index in [1.807, 2.05) is 30.7 Å². The van der Waals surface area contributed by atoms with Gasteiger partial charge in [-0.05, 0) is 24.3 Å². The van der Waals surface area contributed by atoms with E-state index in [1.54, 1.807) is 11.3 Å². The lowest BCUT2D eigenvalue weighted by atomic mass is 10.1. The summed E-state index contributed by atoms with van der Waals surface area (Å²) in [4.78, 5) is 11.8. The van der Waals surface area contributed by atoms with Crippen molar-refractivity contribution in [1.29, 1.82) is 0 Å². The summed E-state index contributed by atoms with van der Waals surface area (Å²) >= 11 is 2.91. The SMILES string of the molecule is CC(CO)C(C)NC(=O)Nc1nnc(-c2ccsc2)s1. The Hall–Kier alpha value is -1.51. The second-order valence-electron chi connectivity index (χ2n) is 4.47. The number of carbonyl (C=O) groups is 1. The molecule has 0 aliphatic heterocycles. The minimum Gasteiger partial charge on any atom is -0.396 e. The molecule has 0 aromatic carbocycles. The number of aliphatic hydroxyl groups excluding tert-OH is 1. The van der Waals surface area contributed by atoms with Crippen molar-refractivity contribution in [3.63, 3.8) is 0 Å². The minimum absolute atomic E-state index is 0.00321. The van der Waals surface area contributed by atoms with Crippen molar-refractivity contribution < 1.29 is 9.90 Å². The smallest absolute Gasteiger partial charge is 0.321 e. The van der Waals surface area contributed by atoms with Crippen molar-refractivity contribution in [2.45, 2.75) is 19.9 Å². The van der Waals surface area contributed by atoms with Gasteiger partial charge in [-0.25, -0.2) is 4.79 Å². The van der Waals surface area contributed by atoms with Crippen molar-refractivity contribution in [1.82, 2.24) is 15.5 Å². The molecule has 0 fully saturated rings. The molecule has 0 aliphatic carbocycles. The number of anilines is 1. The van der Waals surface area contributed by atoms with E-state index in [0.717, 1.165) is 10.6 Å². The van der Waals surface area contributed by atoms with Gasteiger partial charge in [0.05, 0.1) is 0 Å². The summed E-state index contributed by atoms with van der Waals surface area (Å²) < 4.78 is 0. The third kappa shape index (κ3) is 3.75. The Morgan fingerprint density at radius 3 is 2.90 bits per heavy atom. The normalized spacial score (nSPS) is 13.8. The molecule has 8 heteroatoms. The van der Waals surface area contributed by atoms with Crippen molar-refractivity contribution in [2.24, 2.45) is 5.92 Å². The zero-order valence-corrected chi connectivity index (χ0v) is 12.8. The van der Waals surface area contributed by atoms with Gasteiger partial charge in [0.1, 0.15) is 5.01 Å². The predicted octanol–water partition coefficient (Wildman–Crippen LogP) is 2.41. The Kier molecular flexibility index (Phi) is 5.05. The summed E-state index contributed by atoms with van der Waals surface area (Å²) in [6.45, 7) is 3.74. The fourth-order valence-electron chi connectivity index (χ4n) is 1.42. The van der Waals surface area contributed by atoms with Crippen molar-refractivity contribution >= 4 is 33.8 Å². The van der Waals surface area contributed by atoms with E-state index < -0.39 is 0 Å². The molecule has 2 aromatic rings. The second-order valence-corrected chi connectivity index (χ2v) is 6.23. The summed E-state index contributed by atoms with van der Waals surface area (Å²) in [5.74, 6) is -0.00321. The molecule has 0 saturated carbocycles. The van der Waals surface area contributed by atoms with Crippen LogP contribution in [0.3, 0.4) is 0 Å². The van der Waals surface area contributed by atoms with Crippen LogP contribution >= 0.6 is 22.7 Å². The van der Waals surface area contributed by atoms with E-state index in [2.05, 4.69) is 20.8 Å². The number of rotatable bonds is 5. The molecule has 2 aromatic heterocycles. The molecule has 2 atom stereocenters. The molecule has 3 N–H and O–H groups in total. The van der Waals surface area contributed by atoms with Gasteiger partial charge in [-0.15, -0.1) is 10.2 Å². The van der Waals surface area contributed by atoms with Gasteiger partial charge < -0.3 is 10.4 Å². The number of hydrogen-bond acceptors (Lipinski definition) is 6. The number of nitrogens with one attached hydrogen (secondary N) is 2. The minimum atomic E-state index is -0.342. The van der Waals surface area contributed by atoms with Crippen molar-refractivity contribution in [3.8, 4) is 10.6 Å². The highest BCUT2D eigenvalue weighted by Gasteiger charge is 2.15. The molecule has 0 saturated heterocycles. The molecule has 0 aliphatic rings. The van der Waals surface area contributed by atoms with Crippen LogP contribution in [-0.2, 0) is 0 Å². The summed E-state index contributed by atoms with van der Waals surface area (Å²) in [6, 6.07) is 1.50. The van der Waals surface area contributed by atoms with E-state index in [4.69, 9.17) is 5.11 Å². The average Bonchev–Trinajstić information content (AvgIpc) is 3.07. The molecule has 2 rings (SSSR count). The number of aliphatic hydroxyl groups is 1. The van der Waals surface area contributed by atoms with Crippen LogP contribution in [0.5, 0.6) is 0 Å². The van der Waals surface area contributed by atoms with Crippen LogP contribution < -0.4 is 10.6 Å². The zero-order valence-electron chi connectivity index (χ0n) is 11.2. The monoisotopic (exact) mass is 312 g/mol. The van der Waals surface area contributed by atoms with Crippen LogP contribution in [-0.4, -0.2) is 34.0 Å². The zero-order chi connectivity index (χ0) is 14.5. The summed E-state index contributed by atoms with van der Waals surface area (Å²) in [5, 5.41) is 27.6. The Bertz CT molecular complexity index is 556. The number of urea groups is 1. The lowest BCUT2D eigenvalue weighted by Crippen LogP contribution is -2.40. The molecule has 2 amide bonds. The van der Waals surface area contributed by atoms with Crippen LogP contribution in [0.1, 0.15) is 13.8 Å². The first-order valence-electron chi connectivity index (χ1n) is 6.14. The standard InChI is InChI=1S/C12H16N4O2S2/c1-7(5-17)8(2)13-11(18)14-12-16-15-10(20-12)9-3-4-19-6-9/h3-4,6-8,17H,5H2,1-2H3,(H2,13,14,16,18). The maximum Gasteiger partial charge on any atom is 0.321 e. The maximum absolute atomic E-state index is 11.8. The van der Waals surface area contributed by atoms with E-state index >= 15 is 0 Å². The summed E-state index contributed by atoms with van der Waals surface area (Å²) in [6.07, 6.45) is 0. The second kappa shape index (κ2) is 6.78. The maximum atomic E-state index is 11.8. The van der Waals surface area contributed by atoms with Crippen LogP contribution in [0.4, 0.5) is 9.93 Å². The van der Waals surface area contributed by atoms with Gasteiger partial charge in [0.2, 0.25) is 5.13 Å². The van der Waals surface area contributed by atoms with Gasteiger partial charge in [-0.3, -0.25) is 5.32 Å². The number of carbonyl (C=O) groups excluding carboxylic acids is 1. The Morgan fingerprint density at radius 1 is 1.45 bits per heavy atom.